The minimum Gasteiger partial charge on any atom is -0.293 e. The Bertz CT molecular complexity index is 923. The highest BCUT2D eigenvalue weighted by atomic mass is 32.2. The predicted octanol–water partition coefficient (Wildman–Crippen LogP) is 3.57. The maximum Gasteiger partial charge on any atom is 0.210 e. The molecular weight excluding hydrogens is 344 g/mol. The number of tetrazole rings is 1. The first-order chi connectivity index (χ1) is 12.7. The number of aryl methyl sites for hydroxylation is 2. The Morgan fingerprint density at radius 1 is 1.15 bits per heavy atom. The van der Waals surface area contributed by atoms with Crippen LogP contribution in [0.3, 0.4) is 0 Å². The van der Waals surface area contributed by atoms with E-state index in [1.54, 1.807) is 4.68 Å². The van der Waals surface area contributed by atoms with Crippen molar-refractivity contribution < 1.29 is 4.79 Å². The number of hydrogen-bond acceptors (Lipinski definition) is 5. The van der Waals surface area contributed by atoms with Crippen molar-refractivity contribution in [2.45, 2.75) is 43.1 Å². The van der Waals surface area contributed by atoms with Gasteiger partial charge in [0.2, 0.25) is 5.16 Å². The van der Waals surface area contributed by atoms with Gasteiger partial charge in [0.15, 0.2) is 5.78 Å². The lowest BCUT2D eigenvalue weighted by molar-refractivity contribution is 0.0993. The third kappa shape index (κ3) is 3.55. The fraction of sp³-hybridized carbons (Fsp3) is 0.300. The number of carbonyl (C=O) groups is 1. The second-order valence-corrected chi connectivity index (χ2v) is 7.87. The van der Waals surface area contributed by atoms with Crippen molar-refractivity contribution in [3.8, 4) is 0 Å². The minimum atomic E-state index is -0.241. The number of aromatic nitrogens is 4. The first-order valence-corrected chi connectivity index (χ1v) is 9.71. The SMILES string of the molecule is C[C@H](Sc1nnnn1Cc1ccccc1)C(=O)c1ccc2c(c1)CCC2. The number of thioether (sulfide) groups is 1. The van der Waals surface area contributed by atoms with E-state index in [1.165, 1.54) is 29.3 Å². The summed E-state index contributed by atoms with van der Waals surface area (Å²) in [7, 11) is 0. The molecule has 4 rings (SSSR count). The van der Waals surface area contributed by atoms with E-state index in [0.717, 1.165) is 24.0 Å². The molecule has 132 valence electrons. The average Bonchev–Trinajstić information content (AvgIpc) is 3.30. The third-order valence-corrected chi connectivity index (χ3v) is 5.78. The summed E-state index contributed by atoms with van der Waals surface area (Å²) in [5, 5.41) is 12.4. The van der Waals surface area contributed by atoms with E-state index in [-0.39, 0.29) is 11.0 Å². The van der Waals surface area contributed by atoms with Gasteiger partial charge in [0.1, 0.15) is 0 Å². The highest BCUT2D eigenvalue weighted by Crippen LogP contribution is 2.27. The molecule has 26 heavy (non-hydrogen) atoms. The molecule has 1 aliphatic rings. The van der Waals surface area contributed by atoms with Crippen LogP contribution < -0.4 is 0 Å². The van der Waals surface area contributed by atoms with Crippen LogP contribution in [0.2, 0.25) is 0 Å². The molecule has 0 unspecified atom stereocenters. The standard InChI is InChI=1S/C20H20N4OS/c1-14(19(25)18-11-10-16-8-5-9-17(16)12-18)26-20-21-22-23-24(20)13-15-6-3-2-4-7-15/h2-4,6-7,10-12,14H,5,8-9,13H2,1H3/t14-/m0/s1. The molecule has 0 N–H and O–H groups in total. The summed E-state index contributed by atoms with van der Waals surface area (Å²) in [6.45, 7) is 2.51. The summed E-state index contributed by atoms with van der Waals surface area (Å²) in [6.07, 6.45) is 3.39. The summed E-state index contributed by atoms with van der Waals surface area (Å²) in [6, 6.07) is 16.2. The van der Waals surface area contributed by atoms with Crippen LogP contribution in [0.4, 0.5) is 0 Å². The number of rotatable bonds is 6. The average molecular weight is 364 g/mol. The molecule has 5 nitrogen and oxygen atoms in total. The maximum atomic E-state index is 12.8. The number of nitrogens with zero attached hydrogens (tertiary/aromatic N) is 4. The van der Waals surface area contributed by atoms with Crippen LogP contribution in [0, 0.1) is 0 Å². The van der Waals surface area contributed by atoms with E-state index in [1.807, 2.05) is 43.3 Å². The van der Waals surface area contributed by atoms with Gasteiger partial charge in [0.05, 0.1) is 11.8 Å². The van der Waals surface area contributed by atoms with E-state index in [0.29, 0.717) is 11.7 Å². The fourth-order valence-electron chi connectivity index (χ4n) is 3.31. The Morgan fingerprint density at radius 2 is 1.96 bits per heavy atom. The molecule has 6 heteroatoms. The zero-order valence-corrected chi connectivity index (χ0v) is 15.4. The van der Waals surface area contributed by atoms with Crippen molar-refractivity contribution in [2.75, 3.05) is 0 Å². The highest BCUT2D eigenvalue weighted by Gasteiger charge is 2.21. The normalized spacial score (nSPS) is 14.2. The van der Waals surface area contributed by atoms with Crippen LogP contribution in [0.25, 0.3) is 0 Å². The molecule has 2 aromatic carbocycles. The molecule has 0 radical (unpaired) electrons. The first-order valence-electron chi connectivity index (χ1n) is 8.83. The smallest absolute Gasteiger partial charge is 0.210 e. The van der Waals surface area contributed by atoms with Gasteiger partial charge >= 0.3 is 0 Å². The quantitative estimate of drug-likeness (QED) is 0.494. The molecule has 1 atom stereocenters. The lowest BCUT2D eigenvalue weighted by atomic mass is 10.0. The van der Waals surface area contributed by atoms with Gasteiger partial charge < -0.3 is 0 Å². The number of ketones is 1. The van der Waals surface area contributed by atoms with Gasteiger partial charge in [0.25, 0.3) is 0 Å². The molecule has 0 fully saturated rings. The zero-order chi connectivity index (χ0) is 17.9. The van der Waals surface area contributed by atoms with Gasteiger partial charge in [-0.1, -0.05) is 54.2 Å². The summed E-state index contributed by atoms with van der Waals surface area (Å²) in [5.41, 5.74) is 4.61. The van der Waals surface area contributed by atoms with Crippen molar-refractivity contribution in [1.29, 1.82) is 0 Å². The van der Waals surface area contributed by atoms with Crippen molar-refractivity contribution in [1.82, 2.24) is 20.2 Å². The van der Waals surface area contributed by atoms with Gasteiger partial charge in [-0.3, -0.25) is 4.79 Å². The molecule has 0 amide bonds. The number of benzene rings is 2. The predicted molar refractivity (Wildman–Crippen MR) is 101 cm³/mol. The third-order valence-electron chi connectivity index (χ3n) is 4.71. The zero-order valence-electron chi connectivity index (χ0n) is 14.6. The molecule has 0 saturated carbocycles. The van der Waals surface area contributed by atoms with Gasteiger partial charge in [0, 0.05) is 5.56 Å². The van der Waals surface area contributed by atoms with Gasteiger partial charge in [-0.15, -0.1) is 5.10 Å². The van der Waals surface area contributed by atoms with Crippen LogP contribution in [0.5, 0.6) is 0 Å². The van der Waals surface area contributed by atoms with Crippen molar-refractivity contribution in [3.63, 3.8) is 0 Å². The van der Waals surface area contributed by atoms with E-state index >= 15 is 0 Å². The molecule has 0 spiro atoms. The van der Waals surface area contributed by atoms with Crippen molar-refractivity contribution >= 4 is 17.5 Å². The van der Waals surface area contributed by atoms with E-state index in [9.17, 15) is 4.79 Å². The van der Waals surface area contributed by atoms with Gasteiger partial charge in [-0.05, 0) is 59.4 Å². The number of fused-ring (bicyclic) bond motifs is 1. The summed E-state index contributed by atoms with van der Waals surface area (Å²) in [4.78, 5) is 12.8. The summed E-state index contributed by atoms with van der Waals surface area (Å²) < 4.78 is 1.74. The molecule has 0 aliphatic heterocycles. The highest BCUT2D eigenvalue weighted by molar-refractivity contribution is 8.00. The maximum absolute atomic E-state index is 12.8. The van der Waals surface area contributed by atoms with Crippen LogP contribution >= 0.6 is 11.8 Å². The van der Waals surface area contributed by atoms with E-state index < -0.39 is 0 Å². The first kappa shape index (κ1) is 17.0. The van der Waals surface area contributed by atoms with Gasteiger partial charge in [-0.25, -0.2) is 4.68 Å². The molecule has 1 aliphatic carbocycles. The van der Waals surface area contributed by atoms with Crippen LogP contribution in [-0.4, -0.2) is 31.2 Å². The number of carbonyl (C=O) groups excluding carboxylic acids is 1. The largest absolute Gasteiger partial charge is 0.293 e. The van der Waals surface area contributed by atoms with E-state index in [4.69, 9.17) is 0 Å². The Morgan fingerprint density at radius 3 is 2.81 bits per heavy atom. The lowest BCUT2D eigenvalue weighted by Crippen LogP contribution is -2.15. The molecule has 0 bridgehead atoms. The minimum absolute atomic E-state index is 0.124. The second-order valence-electron chi connectivity index (χ2n) is 6.57. The molecular formula is C20H20N4OS. The van der Waals surface area contributed by atoms with Crippen molar-refractivity contribution in [3.05, 3.63) is 70.8 Å². The van der Waals surface area contributed by atoms with Crippen LogP contribution in [0.1, 0.15) is 40.4 Å². The monoisotopic (exact) mass is 364 g/mol. The molecule has 3 aromatic rings. The Balaban J connectivity index is 1.47. The Hall–Kier alpha value is -2.47. The fourth-order valence-corrected chi connectivity index (χ4v) is 4.17. The number of Topliss-reactive ketones (excluding diaryl/α,β-unsaturated/α-hetero) is 1. The topological polar surface area (TPSA) is 60.7 Å². The summed E-state index contributed by atoms with van der Waals surface area (Å²) in [5.74, 6) is 0.124. The second kappa shape index (κ2) is 7.41. The number of hydrogen-bond donors (Lipinski definition) is 0. The Labute approximate surface area is 156 Å². The van der Waals surface area contributed by atoms with Gasteiger partial charge in [-0.2, -0.15) is 0 Å². The molecule has 1 aromatic heterocycles. The van der Waals surface area contributed by atoms with Crippen LogP contribution in [0.15, 0.2) is 53.7 Å². The molecule has 1 heterocycles. The lowest BCUT2D eigenvalue weighted by Gasteiger charge is -2.11. The van der Waals surface area contributed by atoms with E-state index in [2.05, 4.69) is 27.7 Å². The van der Waals surface area contributed by atoms with Crippen LogP contribution in [-0.2, 0) is 19.4 Å². The summed E-state index contributed by atoms with van der Waals surface area (Å²) >= 11 is 1.41. The Kier molecular flexibility index (Phi) is 4.84. The molecule has 0 saturated heterocycles. The van der Waals surface area contributed by atoms with Crippen molar-refractivity contribution in [2.24, 2.45) is 0 Å².